The number of anilines is 1. The minimum Gasteiger partial charge on any atom is -0.465 e. The number of carbonyl (C=O) groups is 2. The topological polar surface area (TPSA) is 114 Å². The van der Waals surface area contributed by atoms with Crippen molar-refractivity contribution < 1.29 is 32.4 Å². The summed E-state index contributed by atoms with van der Waals surface area (Å²) >= 11 is 0. The Morgan fingerprint density at radius 2 is 2.03 bits per heavy atom. The summed E-state index contributed by atoms with van der Waals surface area (Å²) in [5, 5.41) is 20.8. The second-order valence-electron chi connectivity index (χ2n) is 6.37. The lowest BCUT2D eigenvalue weighted by Gasteiger charge is -2.19. The van der Waals surface area contributed by atoms with E-state index in [4.69, 9.17) is 10.00 Å². The molecule has 0 saturated carbocycles. The zero-order chi connectivity index (χ0) is 21.5. The molecule has 0 radical (unpaired) electrons. The van der Waals surface area contributed by atoms with E-state index in [0.29, 0.717) is 4.90 Å². The fraction of sp³-hybridized carbons (Fsp3) is 0.278. The normalized spacial score (nSPS) is 15.7. The zero-order valence-electron chi connectivity index (χ0n) is 14.8. The van der Waals surface area contributed by atoms with Crippen molar-refractivity contribution in [2.24, 2.45) is 0 Å². The second kappa shape index (κ2) is 7.05. The molecular formula is C18H12F3N3O5. The van der Waals surface area contributed by atoms with Gasteiger partial charge in [-0.15, -0.1) is 0 Å². The van der Waals surface area contributed by atoms with E-state index in [2.05, 4.69) is 0 Å². The Hall–Kier alpha value is -3.68. The summed E-state index contributed by atoms with van der Waals surface area (Å²) in [4.78, 5) is 34.2. The van der Waals surface area contributed by atoms with Gasteiger partial charge in [-0.05, 0) is 23.1 Å². The molecule has 1 atom stereocenters. The lowest BCUT2D eigenvalue weighted by molar-refractivity contribution is -0.383. The number of ether oxygens (including phenoxy) is 1. The summed E-state index contributed by atoms with van der Waals surface area (Å²) in [5.41, 5.74) is -0.468. The van der Waals surface area contributed by atoms with E-state index in [1.807, 2.05) is 6.07 Å². The average Bonchev–Trinajstić information content (AvgIpc) is 3.02. The maximum atomic E-state index is 13.1. The van der Waals surface area contributed by atoms with E-state index in [1.54, 1.807) is 0 Å². The largest absolute Gasteiger partial charge is 0.471 e. The van der Waals surface area contributed by atoms with Crippen LogP contribution in [0.4, 0.5) is 24.5 Å². The second-order valence-corrected chi connectivity index (χ2v) is 6.37. The van der Waals surface area contributed by atoms with Gasteiger partial charge in [-0.2, -0.15) is 18.4 Å². The minimum absolute atomic E-state index is 0.0435. The highest BCUT2D eigenvalue weighted by Crippen LogP contribution is 2.46. The number of carbonyl (C=O) groups excluding carboxylic acids is 2. The number of amides is 1. The van der Waals surface area contributed by atoms with Crippen LogP contribution in [0, 0.1) is 21.4 Å². The first kappa shape index (κ1) is 20.1. The Morgan fingerprint density at radius 3 is 2.59 bits per heavy atom. The number of nitriles is 1. The minimum atomic E-state index is -5.19. The molecule has 0 aliphatic carbocycles. The number of nitrogens with zero attached hydrogens (tertiary/aromatic N) is 3. The lowest BCUT2D eigenvalue weighted by atomic mass is 9.93. The highest BCUT2D eigenvalue weighted by atomic mass is 19.4. The van der Waals surface area contributed by atoms with Crippen molar-refractivity contribution in [3.63, 3.8) is 0 Å². The van der Waals surface area contributed by atoms with Crippen molar-refractivity contribution >= 4 is 34.0 Å². The quantitative estimate of drug-likeness (QED) is 0.439. The van der Waals surface area contributed by atoms with Crippen molar-refractivity contribution in [2.45, 2.75) is 19.0 Å². The average molecular weight is 407 g/mol. The molecule has 150 valence electrons. The Morgan fingerprint density at radius 1 is 1.34 bits per heavy atom. The summed E-state index contributed by atoms with van der Waals surface area (Å²) in [7, 11) is 0. The van der Waals surface area contributed by atoms with Gasteiger partial charge in [0, 0.05) is 25.5 Å². The van der Waals surface area contributed by atoms with Crippen LogP contribution in [-0.4, -0.2) is 36.1 Å². The SMILES string of the molecule is CC(=O)OCC1CN(C(=O)C(F)(F)F)c2cc([N+](=O)[O-])c3cc(C#N)ccc3c21. The number of halogens is 3. The summed E-state index contributed by atoms with van der Waals surface area (Å²) in [6.07, 6.45) is -5.19. The van der Waals surface area contributed by atoms with Crippen LogP contribution in [-0.2, 0) is 14.3 Å². The number of nitro groups is 1. The Balaban J connectivity index is 2.29. The van der Waals surface area contributed by atoms with Gasteiger partial charge in [0.15, 0.2) is 0 Å². The van der Waals surface area contributed by atoms with Gasteiger partial charge in [-0.3, -0.25) is 19.7 Å². The molecule has 2 aromatic carbocycles. The van der Waals surface area contributed by atoms with E-state index in [9.17, 15) is 32.9 Å². The van der Waals surface area contributed by atoms with Crippen LogP contribution in [0.5, 0.6) is 0 Å². The van der Waals surface area contributed by atoms with Crippen molar-refractivity contribution in [1.82, 2.24) is 0 Å². The number of hydrogen-bond donors (Lipinski definition) is 0. The molecule has 1 amide bonds. The molecule has 1 unspecified atom stereocenters. The van der Waals surface area contributed by atoms with Gasteiger partial charge in [0.05, 0.1) is 34.2 Å². The fourth-order valence-electron chi connectivity index (χ4n) is 3.40. The van der Waals surface area contributed by atoms with Gasteiger partial charge < -0.3 is 9.64 Å². The van der Waals surface area contributed by atoms with Crippen LogP contribution in [0.2, 0.25) is 0 Å². The van der Waals surface area contributed by atoms with E-state index in [0.717, 1.165) is 13.0 Å². The van der Waals surface area contributed by atoms with Crippen molar-refractivity contribution in [3.05, 3.63) is 45.5 Å². The molecule has 8 nitrogen and oxygen atoms in total. The number of alkyl halides is 3. The van der Waals surface area contributed by atoms with Crippen LogP contribution < -0.4 is 4.90 Å². The highest BCUT2D eigenvalue weighted by molar-refractivity contribution is 6.06. The number of rotatable bonds is 3. The summed E-state index contributed by atoms with van der Waals surface area (Å²) in [6, 6.07) is 6.73. The molecule has 0 fully saturated rings. The molecular weight excluding hydrogens is 395 g/mol. The van der Waals surface area contributed by atoms with Crippen LogP contribution in [0.1, 0.15) is 24.0 Å². The standard InChI is InChI=1S/C18H12F3N3O5/c1-9(25)29-8-11-7-23(17(26)18(19,20)21)15-5-14(24(27)28)13-4-10(6-22)2-3-12(13)16(11)15/h2-5,11H,7-8H2,1H3. The van der Waals surface area contributed by atoms with E-state index in [1.165, 1.54) is 18.2 Å². The van der Waals surface area contributed by atoms with Gasteiger partial charge in [-0.1, -0.05) is 6.07 Å². The molecule has 1 heterocycles. The Bertz CT molecular complexity index is 1090. The number of hydrogen-bond acceptors (Lipinski definition) is 6. The van der Waals surface area contributed by atoms with Gasteiger partial charge >= 0.3 is 18.1 Å². The van der Waals surface area contributed by atoms with Crippen LogP contribution in [0.25, 0.3) is 10.8 Å². The van der Waals surface area contributed by atoms with Gasteiger partial charge in [-0.25, -0.2) is 0 Å². The molecule has 3 rings (SSSR count). The molecule has 11 heteroatoms. The van der Waals surface area contributed by atoms with E-state index in [-0.39, 0.29) is 34.2 Å². The first-order valence-electron chi connectivity index (χ1n) is 8.21. The van der Waals surface area contributed by atoms with Gasteiger partial charge in [0.1, 0.15) is 0 Å². The summed E-state index contributed by atoms with van der Waals surface area (Å²) in [6.45, 7) is 0.357. The molecule has 0 N–H and O–H groups in total. The number of nitro benzene ring substituents is 1. The number of benzene rings is 2. The van der Waals surface area contributed by atoms with Crippen LogP contribution in [0.15, 0.2) is 24.3 Å². The molecule has 1 aliphatic heterocycles. The maximum absolute atomic E-state index is 13.1. The Kier molecular flexibility index (Phi) is 4.88. The molecule has 1 aliphatic rings. The van der Waals surface area contributed by atoms with E-state index >= 15 is 0 Å². The third-order valence-corrected chi connectivity index (χ3v) is 4.54. The van der Waals surface area contributed by atoms with Crippen LogP contribution >= 0.6 is 0 Å². The van der Waals surface area contributed by atoms with Gasteiger partial charge in [0.2, 0.25) is 0 Å². The van der Waals surface area contributed by atoms with Crippen molar-refractivity contribution in [1.29, 1.82) is 5.26 Å². The monoisotopic (exact) mass is 407 g/mol. The molecule has 0 saturated heterocycles. The smallest absolute Gasteiger partial charge is 0.465 e. The summed E-state index contributed by atoms with van der Waals surface area (Å²) in [5.74, 6) is -3.66. The first-order valence-corrected chi connectivity index (χ1v) is 8.21. The molecule has 0 aromatic heterocycles. The molecule has 0 bridgehead atoms. The van der Waals surface area contributed by atoms with Gasteiger partial charge in [0.25, 0.3) is 5.69 Å². The predicted octanol–water partition coefficient (Wildman–Crippen LogP) is 3.18. The molecule has 2 aromatic rings. The zero-order valence-corrected chi connectivity index (χ0v) is 14.8. The number of fused-ring (bicyclic) bond motifs is 3. The number of esters is 1. The van der Waals surface area contributed by atoms with Crippen molar-refractivity contribution in [3.8, 4) is 6.07 Å². The lowest BCUT2D eigenvalue weighted by Crippen LogP contribution is -2.40. The first-order chi connectivity index (χ1) is 13.5. The van der Waals surface area contributed by atoms with Crippen LogP contribution in [0.3, 0.4) is 0 Å². The fourth-order valence-corrected chi connectivity index (χ4v) is 3.40. The van der Waals surface area contributed by atoms with Crippen molar-refractivity contribution in [2.75, 3.05) is 18.1 Å². The molecule has 0 spiro atoms. The van der Waals surface area contributed by atoms with E-state index < -0.39 is 41.1 Å². The molecule has 29 heavy (non-hydrogen) atoms. The predicted molar refractivity (Wildman–Crippen MR) is 93.1 cm³/mol. The highest BCUT2D eigenvalue weighted by Gasteiger charge is 2.47. The Labute approximate surface area is 161 Å². The maximum Gasteiger partial charge on any atom is 0.471 e. The third-order valence-electron chi connectivity index (χ3n) is 4.54. The third kappa shape index (κ3) is 3.56. The number of non-ortho nitro benzene ring substituents is 1. The summed E-state index contributed by atoms with van der Waals surface area (Å²) < 4.78 is 44.1.